The molecule has 25 heavy (non-hydrogen) atoms. The smallest absolute Gasteiger partial charge is 0.330 e. The summed E-state index contributed by atoms with van der Waals surface area (Å²) in [5, 5.41) is 9.67. The molecule has 0 aromatic heterocycles. The Morgan fingerprint density at radius 3 is 2.60 bits per heavy atom. The zero-order valence-corrected chi connectivity index (χ0v) is 14.2. The molecule has 0 saturated heterocycles. The van der Waals surface area contributed by atoms with Gasteiger partial charge in [-0.3, -0.25) is 4.79 Å². The normalized spacial score (nSPS) is 10.6. The number of carbonyl (C=O) groups is 2. The van der Waals surface area contributed by atoms with E-state index in [4.69, 9.17) is 9.47 Å². The maximum Gasteiger partial charge on any atom is 0.330 e. The van der Waals surface area contributed by atoms with Gasteiger partial charge in [-0.25, -0.2) is 4.79 Å². The molecule has 130 valence electrons. The Morgan fingerprint density at radius 2 is 1.88 bits per heavy atom. The van der Waals surface area contributed by atoms with E-state index in [1.807, 2.05) is 13.0 Å². The molecule has 2 aromatic carbocycles. The summed E-state index contributed by atoms with van der Waals surface area (Å²) in [6, 6.07) is 11.6. The molecule has 0 aliphatic carbocycles. The van der Waals surface area contributed by atoms with E-state index in [1.165, 1.54) is 25.1 Å². The molecule has 0 unspecified atom stereocenters. The number of phenols is 1. The molecule has 0 heterocycles. The molecule has 0 saturated carbocycles. The number of Topliss-reactive ketones (excluding diaryl/α,β-unsaturated/α-hetero) is 1. The Kier molecular flexibility index (Phi) is 6.34. The van der Waals surface area contributed by atoms with Gasteiger partial charge in [-0.1, -0.05) is 19.1 Å². The van der Waals surface area contributed by atoms with Crippen molar-refractivity contribution in [3.05, 3.63) is 59.7 Å². The van der Waals surface area contributed by atoms with Crippen molar-refractivity contribution in [3.63, 3.8) is 0 Å². The molecule has 0 bridgehead atoms. The molecule has 2 rings (SSSR count). The Bertz CT molecular complexity index is 792. The third-order valence-electron chi connectivity index (χ3n) is 3.30. The van der Waals surface area contributed by atoms with Crippen molar-refractivity contribution < 1.29 is 24.2 Å². The number of phenolic OH excluding ortho intramolecular Hbond substituents is 1. The number of esters is 1. The summed E-state index contributed by atoms with van der Waals surface area (Å²) in [4.78, 5) is 23.0. The van der Waals surface area contributed by atoms with Gasteiger partial charge in [0.05, 0.1) is 12.2 Å². The molecule has 2 aromatic rings. The Labute approximate surface area is 146 Å². The van der Waals surface area contributed by atoms with E-state index in [1.54, 1.807) is 30.3 Å². The van der Waals surface area contributed by atoms with Crippen molar-refractivity contribution in [2.24, 2.45) is 0 Å². The zero-order valence-electron chi connectivity index (χ0n) is 14.2. The van der Waals surface area contributed by atoms with E-state index in [-0.39, 0.29) is 17.1 Å². The first-order valence-electron chi connectivity index (χ1n) is 7.96. The highest BCUT2D eigenvalue weighted by Crippen LogP contribution is 2.28. The van der Waals surface area contributed by atoms with Gasteiger partial charge in [-0.05, 0) is 55.3 Å². The monoisotopic (exact) mass is 340 g/mol. The third-order valence-corrected chi connectivity index (χ3v) is 3.30. The van der Waals surface area contributed by atoms with Gasteiger partial charge in [0, 0.05) is 6.08 Å². The first-order chi connectivity index (χ1) is 12.0. The molecule has 0 aliphatic heterocycles. The van der Waals surface area contributed by atoms with Crippen LogP contribution < -0.4 is 4.74 Å². The standard InChI is InChI=1S/C20H20O5/c1-3-11-24-20(23)10-7-15-5-4-6-16(12-15)25-17-8-9-19(22)18(13-17)14(2)21/h4-10,12-13,22H,3,11H2,1-2H3/b10-7+. The maximum atomic E-state index is 11.5. The van der Waals surface area contributed by atoms with Crippen LogP contribution in [0.25, 0.3) is 6.08 Å². The van der Waals surface area contributed by atoms with Crippen LogP contribution in [0.15, 0.2) is 48.5 Å². The highest BCUT2D eigenvalue weighted by atomic mass is 16.5. The molecule has 0 aliphatic rings. The van der Waals surface area contributed by atoms with E-state index in [9.17, 15) is 14.7 Å². The summed E-state index contributed by atoms with van der Waals surface area (Å²) in [6.45, 7) is 3.70. The van der Waals surface area contributed by atoms with Gasteiger partial charge in [-0.2, -0.15) is 0 Å². The number of hydrogen-bond acceptors (Lipinski definition) is 5. The first kappa shape index (κ1) is 18.3. The van der Waals surface area contributed by atoms with Crippen molar-refractivity contribution in [1.82, 2.24) is 0 Å². The molecule has 1 N–H and O–H groups in total. The van der Waals surface area contributed by atoms with Crippen molar-refractivity contribution >= 4 is 17.8 Å². The van der Waals surface area contributed by atoms with Crippen molar-refractivity contribution in [3.8, 4) is 17.2 Å². The van der Waals surface area contributed by atoms with Crippen molar-refractivity contribution in [2.75, 3.05) is 6.61 Å². The molecule has 0 amide bonds. The molecule has 0 fully saturated rings. The molecule has 0 atom stereocenters. The number of benzene rings is 2. The van der Waals surface area contributed by atoms with Crippen LogP contribution in [0.5, 0.6) is 17.2 Å². The average molecular weight is 340 g/mol. The highest BCUT2D eigenvalue weighted by molar-refractivity contribution is 5.97. The number of ketones is 1. The lowest BCUT2D eigenvalue weighted by molar-refractivity contribution is -0.137. The predicted octanol–water partition coefficient (Wildman–Crippen LogP) is 4.35. The van der Waals surface area contributed by atoms with Gasteiger partial charge in [0.2, 0.25) is 0 Å². The van der Waals surface area contributed by atoms with E-state index in [2.05, 4.69) is 0 Å². The number of carbonyl (C=O) groups excluding carboxylic acids is 2. The van der Waals surface area contributed by atoms with Crippen LogP contribution in [0.3, 0.4) is 0 Å². The van der Waals surface area contributed by atoms with E-state index >= 15 is 0 Å². The molecule has 5 nitrogen and oxygen atoms in total. The van der Waals surface area contributed by atoms with Crippen LogP contribution in [0, 0.1) is 0 Å². The molecular weight excluding hydrogens is 320 g/mol. The minimum absolute atomic E-state index is 0.0814. The lowest BCUT2D eigenvalue weighted by atomic mass is 10.1. The first-order valence-corrected chi connectivity index (χ1v) is 7.96. The lowest BCUT2D eigenvalue weighted by Gasteiger charge is -2.08. The quantitative estimate of drug-likeness (QED) is 0.461. The van der Waals surface area contributed by atoms with Crippen LogP contribution in [0.4, 0.5) is 0 Å². The summed E-state index contributed by atoms with van der Waals surface area (Å²) in [6.07, 6.45) is 3.78. The summed E-state index contributed by atoms with van der Waals surface area (Å²) in [7, 11) is 0. The van der Waals surface area contributed by atoms with Crippen LogP contribution in [0.2, 0.25) is 0 Å². The summed E-state index contributed by atoms with van der Waals surface area (Å²) in [5.74, 6) is 0.265. The predicted molar refractivity (Wildman–Crippen MR) is 94.9 cm³/mol. The van der Waals surface area contributed by atoms with Gasteiger partial charge in [0.15, 0.2) is 5.78 Å². The average Bonchev–Trinajstić information content (AvgIpc) is 2.60. The SMILES string of the molecule is CCCOC(=O)/C=C/c1cccc(Oc2ccc(O)c(C(C)=O)c2)c1. The van der Waals surface area contributed by atoms with Gasteiger partial charge < -0.3 is 14.6 Å². The molecule has 0 radical (unpaired) electrons. The molecule has 5 heteroatoms. The third kappa shape index (κ3) is 5.49. The number of ether oxygens (including phenoxy) is 2. The minimum atomic E-state index is -0.391. The number of hydrogen-bond donors (Lipinski definition) is 1. The van der Waals surface area contributed by atoms with Gasteiger partial charge in [0.1, 0.15) is 17.2 Å². The largest absolute Gasteiger partial charge is 0.507 e. The molecule has 0 spiro atoms. The second-order valence-corrected chi connectivity index (χ2v) is 5.41. The Hall–Kier alpha value is -3.08. The van der Waals surface area contributed by atoms with Gasteiger partial charge >= 0.3 is 5.97 Å². The van der Waals surface area contributed by atoms with E-state index < -0.39 is 5.97 Å². The number of aromatic hydroxyl groups is 1. The second kappa shape index (κ2) is 8.68. The fourth-order valence-electron chi connectivity index (χ4n) is 2.09. The highest BCUT2D eigenvalue weighted by Gasteiger charge is 2.08. The van der Waals surface area contributed by atoms with Crippen LogP contribution in [0.1, 0.15) is 36.2 Å². The maximum absolute atomic E-state index is 11.5. The second-order valence-electron chi connectivity index (χ2n) is 5.41. The van der Waals surface area contributed by atoms with Crippen LogP contribution >= 0.6 is 0 Å². The Balaban J connectivity index is 2.11. The van der Waals surface area contributed by atoms with Crippen LogP contribution in [-0.4, -0.2) is 23.5 Å². The van der Waals surface area contributed by atoms with E-state index in [0.717, 1.165) is 12.0 Å². The minimum Gasteiger partial charge on any atom is -0.507 e. The topological polar surface area (TPSA) is 72.8 Å². The fourth-order valence-corrected chi connectivity index (χ4v) is 2.09. The fraction of sp³-hybridized carbons (Fsp3) is 0.200. The zero-order chi connectivity index (χ0) is 18.2. The lowest BCUT2D eigenvalue weighted by Crippen LogP contribution is -2.00. The summed E-state index contributed by atoms with van der Waals surface area (Å²) < 4.78 is 10.7. The summed E-state index contributed by atoms with van der Waals surface area (Å²) in [5.41, 5.74) is 0.976. The van der Waals surface area contributed by atoms with Crippen molar-refractivity contribution in [2.45, 2.75) is 20.3 Å². The summed E-state index contributed by atoms with van der Waals surface area (Å²) >= 11 is 0. The number of rotatable bonds is 7. The van der Waals surface area contributed by atoms with Crippen LogP contribution in [-0.2, 0) is 9.53 Å². The van der Waals surface area contributed by atoms with Crippen molar-refractivity contribution in [1.29, 1.82) is 0 Å². The Morgan fingerprint density at radius 1 is 1.12 bits per heavy atom. The van der Waals surface area contributed by atoms with Gasteiger partial charge in [-0.15, -0.1) is 0 Å². The van der Waals surface area contributed by atoms with E-state index in [0.29, 0.717) is 18.1 Å². The van der Waals surface area contributed by atoms with Gasteiger partial charge in [0.25, 0.3) is 0 Å². The molecular formula is C20H20O5.